The fourth-order valence-corrected chi connectivity index (χ4v) is 2.97. The SMILES string of the molecule is COCc1cc(=O)c(O)c(C(CC(=O)OC)c2cc(OC)c3c(c2)OCO3)o1. The van der Waals surface area contributed by atoms with E-state index in [2.05, 4.69) is 0 Å². The fourth-order valence-electron chi connectivity index (χ4n) is 2.97. The summed E-state index contributed by atoms with van der Waals surface area (Å²) in [5, 5.41) is 10.3. The van der Waals surface area contributed by atoms with Crippen LogP contribution in [-0.2, 0) is 20.9 Å². The van der Waals surface area contributed by atoms with E-state index in [-0.39, 0.29) is 31.3 Å². The van der Waals surface area contributed by atoms with E-state index in [1.54, 1.807) is 12.1 Å². The van der Waals surface area contributed by atoms with E-state index in [1.807, 2.05) is 0 Å². The van der Waals surface area contributed by atoms with Gasteiger partial charge in [-0.25, -0.2) is 0 Å². The van der Waals surface area contributed by atoms with Crippen molar-refractivity contribution >= 4 is 5.97 Å². The highest BCUT2D eigenvalue weighted by Crippen LogP contribution is 2.45. The molecule has 1 aliphatic rings. The van der Waals surface area contributed by atoms with Crippen molar-refractivity contribution in [3.05, 3.63) is 45.5 Å². The van der Waals surface area contributed by atoms with Crippen molar-refractivity contribution in [3.63, 3.8) is 0 Å². The van der Waals surface area contributed by atoms with Crippen LogP contribution in [0.2, 0.25) is 0 Å². The monoisotopic (exact) mass is 392 g/mol. The van der Waals surface area contributed by atoms with Crippen LogP contribution in [0.25, 0.3) is 0 Å². The Morgan fingerprint density at radius 3 is 2.68 bits per heavy atom. The second kappa shape index (κ2) is 8.22. The van der Waals surface area contributed by atoms with Crippen molar-refractivity contribution in [2.75, 3.05) is 28.1 Å². The lowest BCUT2D eigenvalue weighted by Crippen LogP contribution is -2.14. The van der Waals surface area contributed by atoms with Crippen LogP contribution in [0.4, 0.5) is 0 Å². The van der Waals surface area contributed by atoms with Gasteiger partial charge in [-0.3, -0.25) is 9.59 Å². The number of ether oxygens (including phenoxy) is 5. The summed E-state index contributed by atoms with van der Waals surface area (Å²) in [5.74, 6) is -0.615. The summed E-state index contributed by atoms with van der Waals surface area (Å²) in [6.45, 7) is 0.0540. The van der Waals surface area contributed by atoms with E-state index in [0.717, 1.165) is 6.07 Å². The summed E-state index contributed by atoms with van der Waals surface area (Å²) in [7, 11) is 4.16. The lowest BCUT2D eigenvalue weighted by atomic mass is 9.91. The molecule has 0 saturated heterocycles. The topological polar surface area (TPSA) is 114 Å². The molecule has 0 fully saturated rings. The minimum Gasteiger partial charge on any atom is -0.502 e. The molecule has 3 rings (SSSR count). The molecule has 28 heavy (non-hydrogen) atoms. The van der Waals surface area contributed by atoms with E-state index in [0.29, 0.717) is 22.8 Å². The minimum absolute atomic E-state index is 0.0257. The van der Waals surface area contributed by atoms with Crippen LogP contribution in [0.15, 0.2) is 27.4 Å². The molecular weight excluding hydrogens is 372 g/mol. The quantitative estimate of drug-likeness (QED) is 0.706. The lowest BCUT2D eigenvalue weighted by Gasteiger charge is -2.18. The number of hydrogen-bond donors (Lipinski definition) is 1. The molecule has 1 N–H and O–H groups in total. The summed E-state index contributed by atoms with van der Waals surface area (Å²) in [6.07, 6.45) is -0.188. The van der Waals surface area contributed by atoms with Gasteiger partial charge < -0.3 is 33.2 Å². The Hall–Kier alpha value is -3.20. The van der Waals surface area contributed by atoms with Crippen molar-refractivity contribution in [1.29, 1.82) is 0 Å². The summed E-state index contributed by atoms with van der Waals surface area (Å²) in [5.41, 5.74) is -0.129. The summed E-state index contributed by atoms with van der Waals surface area (Å²) in [4.78, 5) is 24.2. The summed E-state index contributed by atoms with van der Waals surface area (Å²) < 4.78 is 31.6. The van der Waals surface area contributed by atoms with Crippen LogP contribution in [0.3, 0.4) is 0 Å². The molecule has 0 bridgehead atoms. The van der Waals surface area contributed by atoms with Gasteiger partial charge in [0, 0.05) is 13.2 Å². The number of benzene rings is 1. The zero-order valence-electron chi connectivity index (χ0n) is 15.6. The zero-order chi connectivity index (χ0) is 20.3. The Morgan fingerprint density at radius 2 is 2.00 bits per heavy atom. The van der Waals surface area contributed by atoms with Gasteiger partial charge >= 0.3 is 5.97 Å². The number of rotatable bonds is 7. The van der Waals surface area contributed by atoms with Crippen LogP contribution in [0.5, 0.6) is 23.0 Å². The number of fused-ring (bicyclic) bond motifs is 1. The van der Waals surface area contributed by atoms with Crippen molar-refractivity contribution in [1.82, 2.24) is 0 Å². The highest BCUT2D eigenvalue weighted by molar-refractivity contribution is 5.71. The minimum atomic E-state index is -0.833. The maximum atomic E-state index is 12.2. The summed E-state index contributed by atoms with van der Waals surface area (Å²) >= 11 is 0. The smallest absolute Gasteiger partial charge is 0.306 e. The average Bonchev–Trinajstić information content (AvgIpc) is 3.16. The number of methoxy groups -OCH3 is 3. The van der Waals surface area contributed by atoms with Gasteiger partial charge in [0.15, 0.2) is 17.3 Å². The normalized spacial score (nSPS) is 13.2. The fraction of sp³-hybridized carbons (Fsp3) is 0.368. The predicted octanol–water partition coefficient (Wildman–Crippen LogP) is 1.92. The first-order valence-corrected chi connectivity index (χ1v) is 8.37. The van der Waals surface area contributed by atoms with Gasteiger partial charge in [-0.15, -0.1) is 0 Å². The van der Waals surface area contributed by atoms with Crippen molar-refractivity contribution < 1.29 is 38.0 Å². The maximum absolute atomic E-state index is 12.2. The highest BCUT2D eigenvalue weighted by atomic mass is 16.7. The number of hydrogen-bond acceptors (Lipinski definition) is 9. The molecular formula is C19H20O9. The third-order valence-corrected chi connectivity index (χ3v) is 4.28. The van der Waals surface area contributed by atoms with E-state index in [4.69, 9.17) is 28.1 Å². The summed E-state index contributed by atoms with van der Waals surface area (Å²) in [6, 6.07) is 4.40. The van der Waals surface area contributed by atoms with Gasteiger partial charge in [0.05, 0.1) is 26.6 Å². The van der Waals surface area contributed by atoms with E-state index in [9.17, 15) is 14.7 Å². The van der Waals surface area contributed by atoms with E-state index in [1.165, 1.54) is 21.3 Å². The molecule has 0 radical (unpaired) electrons. The van der Waals surface area contributed by atoms with Gasteiger partial charge in [-0.05, 0) is 17.7 Å². The van der Waals surface area contributed by atoms with Crippen molar-refractivity contribution in [2.24, 2.45) is 0 Å². The van der Waals surface area contributed by atoms with Crippen LogP contribution < -0.4 is 19.6 Å². The van der Waals surface area contributed by atoms with E-state index < -0.39 is 23.1 Å². The standard InChI is InChI=1S/C19H20O9/c1-23-8-11-6-13(20)17(22)18(28-11)12(7-16(21)25-3)10-4-14(24-2)19-15(5-10)26-9-27-19/h4-6,12,22H,7-9H2,1-3H3. The largest absolute Gasteiger partial charge is 0.502 e. The number of esters is 1. The number of aromatic hydroxyl groups is 1. The van der Waals surface area contributed by atoms with Crippen LogP contribution in [0, 0.1) is 0 Å². The molecule has 9 heteroatoms. The zero-order valence-corrected chi connectivity index (χ0v) is 15.6. The van der Waals surface area contributed by atoms with Crippen molar-refractivity contribution in [2.45, 2.75) is 18.9 Å². The molecule has 0 amide bonds. The van der Waals surface area contributed by atoms with Crippen molar-refractivity contribution in [3.8, 4) is 23.0 Å². The second-order valence-corrected chi connectivity index (χ2v) is 6.01. The molecule has 2 aromatic rings. The molecule has 1 aliphatic heterocycles. The van der Waals surface area contributed by atoms with Gasteiger partial charge in [0.25, 0.3) is 0 Å². The molecule has 0 saturated carbocycles. The molecule has 1 aromatic carbocycles. The van der Waals surface area contributed by atoms with Crippen LogP contribution >= 0.6 is 0 Å². The van der Waals surface area contributed by atoms with E-state index >= 15 is 0 Å². The third-order valence-electron chi connectivity index (χ3n) is 4.28. The maximum Gasteiger partial charge on any atom is 0.306 e. The Kier molecular flexibility index (Phi) is 5.74. The predicted molar refractivity (Wildman–Crippen MR) is 94.9 cm³/mol. The molecule has 0 spiro atoms. The Bertz CT molecular complexity index is 932. The number of carbonyl (C=O) groups excluding carboxylic acids is 1. The second-order valence-electron chi connectivity index (χ2n) is 6.01. The molecule has 1 atom stereocenters. The average molecular weight is 392 g/mol. The van der Waals surface area contributed by atoms with Crippen LogP contribution in [-0.4, -0.2) is 39.2 Å². The van der Waals surface area contributed by atoms with Gasteiger partial charge in [0.2, 0.25) is 23.7 Å². The molecule has 9 nitrogen and oxygen atoms in total. The van der Waals surface area contributed by atoms with Gasteiger partial charge in [-0.1, -0.05) is 0 Å². The molecule has 1 aromatic heterocycles. The van der Waals surface area contributed by atoms with Gasteiger partial charge in [0.1, 0.15) is 12.4 Å². The first kappa shape index (κ1) is 19.6. The first-order chi connectivity index (χ1) is 13.5. The molecule has 0 aliphatic carbocycles. The molecule has 150 valence electrons. The molecule has 1 unspecified atom stereocenters. The van der Waals surface area contributed by atoms with Gasteiger partial charge in [-0.2, -0.15) is 0 Å². The Balaban J connectivity index is 2.16. The Morgan fingerprint density at radius 1 is 1.21 bits per heavy atom. The molecule has 2 heterocycles. The van der Waals surface area contributed by atoms with Crippen LogP contribution in [0.1, 0.15) is 29.4 Å². The first-order valence-electron chi connectivity index (χ1n) is 8.37. The Labute approximate surface area is 160 Å². The third kappa shape index (κ3) is 3.74. The lowest BCUT2D eigenvalue weighted by molar-refractivity contribution is -0.140. The number of carbonyl (C=O) groups is 1. The highest BCUT2D eigenvalue weighted by Gasteiger charge is 2.30.